The van der Waals surface area contributed by atoms with Gasteiger partial charge in [-0.1, -0.05) is 18.2 Å². The molecule has 4 nitrogen and oxygen atoms in total. The number of hydrogen-bond acceptors (Lipinski definition) is 3. The van der Waals surface area contributed by atoms with E-state index in [0.717, 1.165) is 18.7 Å². The lowest BCUT2D eigenvalue weighted by atomic mass is 10.1. The highest BCUT2D eigenvalue weighted by Gasteiger charge is 2.12. The average molecular weight is 383 g/mol. The third kappa shape index (κ3) is 4.34. The maximum Gasteiger partial charge on any atom is 0.272 e. The predicted octanol–water partition coefficient (Wildman–Crippen LogP) is 4.15. The van der Waals surface area contributed by atoms with Gasteiger partial charge in [0, 0.05) is 47.7 Å². The number of hydrogen-bond donors (Lipinski definition) is 2. The highest BCUT2D eigenvalue weighted by Crippen LogP contribution is 2.20. The summed E-state index contributed by atoms with van der Waals surface area (Å²) in [6.07, 6.45) is 1.01. The number of benzene rings is 2. The zero-order chi connectivity index (χ0) is 18.6. The van der Waals surface area contributed by atoms with Gasteiger partial charge in [0.05, 0.1) is 0 Å². The molecule has 3 aromatic rings. The van der Waals surface area contributed by atoms with Crippen molar-refractivity contribution >= 4 is 34.3 Å². The van der Waals surface area contributed by atoms with Gasteiger partial charge in [-0.15, -0.1) is 0 Å². The van der Waals surface area contributed by atoms with E-state index in [9.17, 15) is 9.18 Å². The molecule has 2 N–H and O–H groups in total. The first-order valence-electron chi connectivity index (χ1n) is 9.17. The van der Waals surface area contributed by atoms with Crippen molar-refractivity contribution in [1.82, 2.24) is 9.88 Å². The molecule has 1 fully saturated rings. The molecule has 140 valence electrons. The van der Waals surface area contributed by atoms with Crippen LogP contribution in [0.2, 0.25) is 0 Å². The summed E-state index contributed by atoms with van der Waals surface area (Å²) in [6, 6.07) is 14.3. The van der Waals surface area contributed by atoms with E-state index in [4.69, 9.17) is 0 Å². The number of nitrogens with one attached hydrogen (secondary N) is 2. The summed E-state index contributed by atoms with van der Waals surface area (Å²) in [7, 11) is 0. The van der Waals surface area contributed by atoms with E-state index >= 15 is 0 Å². The van der Waals surface area contributed by atoms with E-state index in [1.54, 1.807) is 18.2 Å². The lowest BCUT2D eigenvalue weighted by Gasteiger charge is -2.26. The highest BCUT2D eigenvalue weighted by atomic mass is 32.2. The topological polar surface area (TPSA) is 48.1 Å². The number of rotatable bonds is 5. The van der Waals surface area contributed by atoms with Crippen molar-refractivity contribution in [3.63, 3.8) is 0 Å². The molecule has 0 saturated carbocycles. The molecule has 1 amide bonds. The van der Waals surface area contributed by atoms with Crippen LogP contribution < -0.4 is 5.32 Å². The van der Waals surface area contributed by atoms with Gasteiger partial charge in [-0.2, -0.15) is 11.8 Å². The van der Waals surface area contributed by atoms with E-state index in [2.05, 4.69) is 27.3 Å². The molecule has 2 aromatic carbocycles. The number of H-pyrrole nitrogens is 1. The van der Waals surface area contributed by atoms with E-state index in [1.807, 2.05) is 23.9 Å². The van der Waals surface area contributed by atoms with Crippen molar-refractivity contribution in [1.29, 1.82) is 0 Å². The minimum atomic E-state index is -0.334. The summed E-state index contributed by atoms with van der Waals surface area (Å²) < 4.78 is 13.8. The maximum absolute atomic E-state index is 13.8. The molecule has 0 radical (unpaired) electrons. The minimum absolute atomic E-state index is 0.274. The van der Waals surface area contributed by atoms with Crippen molar-refractivity contribution in [3.8, 4) is 0 Å². The van der Waals surface area contributed by atoms with Crippen LogP contribution in [0.3, 0.4) is 0 Å². The van der Waals surface area contributed by atoms with E-state index in [0.29, 0.717) is 16.6 Å². The second-order valence-corrected chi connectivity index (χ2v) is 7.96. The van der Waals surface area contributed by atoms with Crippen LogP contribution >= 0.6 is 11.8 Å². The number of anilines is 1. The van der Waals surface area contributed by atoms with Crippen LogP contribution in [0, 0.1) is 5.82 Å². The van der Waals surface area contributed by atoms with Gasteiger partial charge >= 0.3 is 0 Å². The number of amides is 1. The second kappa shape index (κ2) is 8.15. The van der Waals surface area contributed by atoms with Crippen molar-refractivity contribution in [2.75, 3.05) is 36.5 Å². The molecule has 0 atom stereocenters. The SMILES string of the molecule is O=C(Nc1ccc(CCN2CCSCC2)cc1)c1cc2c(F)cccc2[nH]1. The Morgan fingerprint density at radius 1 is 1.15 bits per heavy atom. The summed E-state index contributed by atoms with van der Waals surface area (Å²) in [4.78, 5) is 17.9. The standard InChI is InChI=1S/C21H22FN3OS/c22-18-2-1-3-19-17(18)14-20(24-19)21(26)23-16-6-4-15(5-7-16)8-9-25-10-12-27-13-11-25/h1-7,14,24H,8-13H2,(H,23,26). The number of thioether (sulfide) groups is 1. The number of aromatic nitrogens is 1. The Hall–Kier alpha value is -2.31. The first-order chi connectivity index (χ1) is 13.2. The Morgan fingerprint density at radius 3 is 2.67 bits per heavy atom. The fourth-order valence-corrected chi connectivity index (χ4v) is 4.28. The zero-order valence-electron chi connectivity index (χ0n) is 15.0. The third-order valence-corrected chi connectivity index (χ3v) is 5.83. The van der Waals surface area contributed by atoms with Crippen molar-refractivity contribution in [2.45, 2.75) is 6.42 Å². The number of fused-ring (bicyclic) bond motifs is 1. The van der Waals surface area contributed by atoms with E-state index < -0.39 is 0 Å². The number of carbonyl (C=O) groups is 1. The van der Waals surface area contributed by atoms with Crippen molar-refractivity contribution in [3.05, 3.63) is 65.6 Å². The van der Waals surface area contributed by atoms with Crippen LogP contribution in [0.4, 0.5) is 10.1 Å². The van der Waals surface area contributed by atoms with E-state index in [-0.39, 0.29) is 11.7 Å². The van der Waals surface area contributed by atoms with Crippen LogP contribution in [0.1, 0.15) is 16.1 Å². The molecule has 0 unspecified atom stereocenters. The largest absolute Gasteiger partial charge is 0.350 e. The van der Waals surface area contributed by atoms with Gasteiger partial charge in [0.15, 0.2) is 0 Å². The normalized spacial score (nSPS) is 15.1. The molecule has 1 aliphatic rings. The molecule has 4 rings (SSSR count). The summed E-state index contributed by atoms with van der Waals surface area (Å²) in [5.41, 5.74) is 2.96. The average Bonchev–Trinajstić information content (AvgIpc) is 3.14. The molecule has 1 aromatic heterocycles. The molecule has 0 spiro atoms. The number of aromatic amines is 1. The van der Waals surface area contributed by atoms with Crippen LogP contribution in [0.5, 0.6) is 0 Å². The Morgan fingerprint density at radius 2 is 1.93 bits per heavy atom. The van der Waals surface area contributed by atoms with Gasteiger partial charge in [0.1, 0.15) is 11.5 Å². The minimum Gasteiger partial charge on any atom is -0.350 e. The highest BCUT2D eigenvalue weighted by molar-refractivity contribution is 7.99. The fourth-order valence-electron chi connectivity index (χ4n) is 3.31. The van der Waals surface area contributed by atoms with Gasteiger partial charge in [-0.3, -0.25) is 4.79 Å². The molecule has 2 heterocycles. The molecule has 0 bridgehead atoms. The van der Waals surface area contributed by atoms with Gasteiger partial charge in [-0.05, 0) is 42.3 Å². The van der Waals surface area contributed by atoms with Crippen LogP contribution in [0.25, 0.3) is 10.9 Å². The number of carbonyl (C=O) groups excluding carboxylic acids is 1. The van der Waals surface area contributed by atoms with Crippen molar-refractivity contribution in [2.24, 2.45) is 0 Å². The predicted molar refractivity (Wildman–Crippen MR) is 110 cm³/mol. The number of nitrogens with zero attached hydrogens (tertiary/aromatic N) is 1. The summed E-state index contributed by atoms with van der Waals surface area (Å²) in [5, 5.41) is 3.29. The van der Waals surface area contributed by atoms with Crippen molar-refractivity contribution < 1.29 is 9.18 Å². The van der Waals surface area contributed by atoms with Crippen LogP contribution in [-0.2, 0) is 6.42 Å². The van der Waals surface area contributed by atoms with Gasteiger partial charge in [0.25, 0.3) is 5.91 Å². The molecule has 0 aliphatic carbocycles. The molecular formula is C21H22FN3OS. The van der Waals surface area contributed by atoms with Crippen LogP contribution in [-0.4, -0.2) is 46.9 Å². The molecule has 1 aliphatic heterocycles. The Kier molecular flexibility index (Phi) is 5.45. The molecule has 1 saturated heterocycles. The van der Waals surface area contributed by atoms with Crippen LogP contribution in [0.15, 0.2) is 48.5 Å². The third-order valence-electron chi connectivity index (χ3n) is 4.89. The summed E-state index contributed by atoms with van der Waals surface area (Å²) >= 11 is 2.02. The maximum atomic E-state index is 13.8. The lowest BCUT2D eigenvalue weighted by molar-refractivity contribution is 0.102. The van der Waals surface area contributed by atoms with E-state index in [1.165, 1.54) is 36.2 Å². The molecule has 27 heavy (non-hydrogen) atoms. The monoisotopic (exact) mass is 383 g/mol. The summed E-state index contributed by atoms with van der Waals surface area (Å²) in [6.45, 7) is 3.42. The fraction of sp³-hybridized carbons (Fsp3) is 0.286. The second-order valence-electron chi connectivity index (χ2n) is 6.74. The zero-order valence-corrected chi connectivity index (χ0v) is 15.8. The first-order valence-corrected chi connectivity index (χ1v) is 10.3. The lowest BCUT2D eigenvalue weighted by Crippen LogP contribution is -2.34. The Labute approximate surface area is 162 Å². The molecule has 6 heteroatoms. The van der Waals surface area contributed by atoms with Gasteiger partial charge in [0.2, 0.25) is 0 Å². The molecular weight excluding hydrogens is 361 g/mol. The summed E-state index contributed by atoms with van der Waals surface area (Å²) in [5.74, 6) is 1.84. The first kappa shape index (κ1) is 18.1. The smallest absolute Gasteiger partial charge is 0.272 e. The quantitative estimate of drug-likeness (QED) is 0.696. The van der Waals surface area contributed by atoms with Gasteiger partial charge < -0.3 is 15.2 Å². The Bertz CT molecular complexity index is 932. The Balaban J connectivity index is 1.37. The van der Waals surface area contributed by atoms with Gasteiger partial charge in [-0.25, -0.2) is 4.39 Å². The number of halogens is 1.